The van der Waals surface area contributed by atoms with E-state index < -0.39 is 5.97 Å². The van der Waals surface area contributed by atoms with Crippen molar-refractivity contribution in [1.29, 1.82) is 0 Å². The van der Waals surface area contributed by atoms with Gasteiger partial charge in [0, 0.05) is 12.1 Å². The summed E-state index contributed by atoms with van der Waals surface area (Å²) >= 11 is 0. The third-order valence-electron chi connectivity index (χ3n) is 2.50. The van der Waals surface area contributed by atoms with Crippen molar-refractivity contribution in [3.63, 3.8) is 0 Å². The van der Waals surface area contributed by atoms with Gasteiger partial charge in [-0.1, -0.05) is 6.07 Å². The summed E-state index contributed by atoms with van der Waals surface area (Å²) in [5, 5.41) is 18.5. The zero-order valence-corrected chi connectivity index (χ0v) is 9.82. The molecule has 16 heavy (non-hydrogen) atoms. The molecule has 0 atom stereocenters. The van der Waals surface area contributed by atoms with Gasteiger partial charge in [0.1, 0.15) is 5.75 Å². The summed E-state index contributed by atoms with van der Waals surface area (Å²) in [7, 11) is 3.81. The van der Waals surface area contributed by atoms with Crippen LogP contribution in [-0.2, 0) is 17.8 Å². The van der Waals surface area contributed by atoms with E-state index in [2.05, 4.69) is 0 Å². The molecule has 1 aromatic carbocycles. The number of aliphatic carboxylic acids is 1. The number of carbonyl (C=O) groups is 1. The molecule has 0 fully saturated rings. The average molecular weight is 223 g/mol. The monoisotopic (exact) mass is 223 g/mol. The predicted molar refractivity (Wildman–Crippen MR) is 61.6 cm³/mol. The van der Waals surface area contributed by atoms with Crippen molar-refractivity contribution in [1.82, 2.24) is 4.90 Å². The predicted octanol–water partition coefficient (Wildman–Crippen LogP) is 1.39. The number of rotatable bonds is 4. The second-order valence-corrected chi connectivity index (χ2v) is 4.16. The maximum atomic E-state index is 10.7. The minimum absolute atomic E-state index is 0.00740. The topological polar surface area (TPSA) is 60.8 Å². The van der Waals surface area contributed by atoms with Gasteiger partial charge in [-0.15, -0.1) is 0 Å². The van der Waals surface area contributed by atoms with E-state index in [0.717, 1.165) is 16.7 Å². The van der Waals surface area contributed by atoms with Crippen molar-refractivity contribution in [2.24, 2.45) is 0 Å². The Labute approximate surface area is 95.1 Å². The van der Waals surface area contributed by atoms with Crippen LogP contribution in [0.25, 0.3) is 0 Å². The molecule has 0 spiro atoms. The van der Waals surface area contributed by atoms with Crippen molar-refractivity contribution < 1.29 is 15.0 Å². The van der Waals surface area contributed by atoms with Gasteiger partial charge in [-0.25, -0.2) is 0 Å². The summed E-state index contributed by atoms with van der Waals surface area (Å²) in [6.07, 6.45) is -0.00740. The van der Waals surface area contributed by atoms with Crippen LogP contribution in [0.2, 0.25) is 0 Å². The van der Waals surface area contributed by atoms with Crippen LogP contribution >= 0.6 is 0 Å². The van der Waals surface area contributed by atoms with E-state index in [4.69, 9.17) is 5.11 Å². The molecule has 0 aliphatic carbocycles. The van der Waals surface area contributed by atoms with Crippen molar-refractivity contribution in [2.75, 3.05) is 14.1 Å². The molecule has 1 aromatic rings. The summed E-state index contributed by atoms with van der Waals surface area (Å²) in [4.78, 5) is 12.6. The van der Waals surface area contributed by atoms with Crippen molar-refractivity contribution in [2.45, 2.75) is 19.9 Å². The maximum absolute atomic E-state index is 10.7. The number of nitrogens with zero attached hydrogens (tertiary/aromatic N) is 1. The van der Waals surface area contributed by atoms with E-state index in [9.17, 15) is 9.90 Å². The van der Waals surface area contributed by atoms with Crippen LogP contribution in [-0.4, -0.2) is 35.2 Å². The highest BCUT2D eigenvalue weighted by Gasteiger charge is 2.12. The van der Waals surface area contributed by atoms with Crippen LogP contribution in [0.4, 0.5) is 0 Å². The fourth-order valence-electron chi connectivity index (χ4n) is 1.66. The van der Waals surface area contributed by atoms with Crippen molar-refractivity contribution >= 4 is 5.97 Å². The Hall–Kier alpha value is -1.55. The number of carboxylic acids is 1. The molecule has 0 saturated heterocycles. The van der Waals surface area contributed by atoms with Gasteiger partial charge in [-0.2, -0.15) is 0 Å². The number of hydrogen-bond acceptors (Lipinski definition) is 3. The van der Waals surface area contributed by atoms with Crippen LogP contribution in [0.3, 0.4) is 0 Å². The molecule has 0 radical (unpaired) electrons. The molecular weight excluding hydrogens is 206 g/mol. The van der Waals surface area contributed by atoms with E-state index in [1.807, 2.05) is 25.9 Å². The normalized spacial score (nSPS) is 10.8. The van der Waals surface area contributed by atoms with Crippen LogP contribution in [0, 0.1) is 6.92 Å². The summed E-state index contributed by atoms with van der Waals surface area (Å²) < 4.78 is 0. The van der Waals surface area contributed by atoms with Crippen LogP contribution in [0.15, 0.2) is 12.1 Å². The SMILES string of the molecule is Cc1c(CC(=O)O)ccc(O)c1CN(C)C. The highest BCUT2D eigenvalue weighted by Crippen LogP contribution is 2.25. The van der Waals surface area contributed by atoms with Crippen LogP contribution in [0.5, 0.6) is 5.75 Å². The number of aromatic hydroxyl groups is 1. The molecular formula is C12H17NO3. The molecule has 88 valence electrons. The first kappa shape index (κ1) is 12.5. The minimum Gasteiger partial charge on any atom is -0.508 e. The minimum atomic E-state index is -0.857. The third-order valence-corrected chi connectivity index (χ3v) is 2.50. The quantitative estimate of drug-likeness (QED) is 0.809. The molecule has 2 N–H and O–H groups in total. The molecule has 0 aliphatic heterocycles. The van der Waals surface area contributed by atoms with Gasteiger partial charge in [0.2, 0.25) is 0 Å². The first-order valence-corrected chi connectivity index (χ1v) is 5.08. The summed E-state index contributed by atoms with van der Waals surface area (Å²) in [5.41, 5.74) is 2.40. The molecule has 4 nitrogen and oxygen atoms in total. The van der Waals surface area contributed by atoms with E-state index in [0.29, 0.717) is 6.54 Å². The lowest BCUT2D eigenvalue weighted by atomic mass is 9.99. The van der Waals surface area contributed by atoms with Crippen molar-refractivity contribution in [3.05, 3.63) is 28.8 Å². The second kappa shape index (κ2) is 4.99. The number of benzene rings is 1. The molecule has 0 bridgehead atoms. The van der Waals surface area contributed by atoms with Gasteiger partial charge in [-0.3, -0.25) is 4.79 Å². The van der Waals surface area contributed by atoms with Gasteiger partial charge >= 0.3 is 5.97 Å². The third kappa shape index (κ3) is 2.97. The van der Waals surface area contributed by atoms with Gasteiger partial charge in [0.25, 0.3) is 0 Å². The Kier molecular flexibility index (Phi) is 3.90. The summed E-state index contributed by atoms with van der Waals surface area (Å²) in [6.45, 7) is 2.45. The first-order chi connectivity index (χ1) is 7.41. The fraction of sp³-hybridized carbons (Fsp3) is 0.417. The Balaban J connectivity index is 3.10. The number of hydrogen-bond donors (Lipinski definition) is 2. The molecule has 0 saturated carbocycles. The van der Waals surface area contributed by atoms with E-state index in [1.54, 1.807) is 12.1 Å². The Bertz CT molecular complexity index is 399. The van der Waals surface area contributed by atoms with E-state index in [1.165, 1.54) is 0 Å². The lowest BCUT2D eigenvalue weighted by Gasteiger charge is -2.16. The average Bonchev–Trinajstić information content (AvgIpc) is 2.16. The van der Waals surface area contributed by atoms with Gasteiger partial charge in [0.15, 0.2) is 0 Å². The highest BCUT2D eigenvalue weighted by atomic mass is 16.4. The Morgan fingerprint density at radius 2 is 2.00 bits per heavy atom. The molecule has 0 aliphatic rings. The Morgan fingerprint density at radius 1 is 1.38 bits per heavy atom. The van der Waals surface area contributed by atoms with Gasteiger partial charge in [-0.05, 0) is 38.2 Å². The molecule has 0 amide bonds. The summed E-state index contributed by atoms with van der Waals surface area (Å²) in [5.74, 6) is -0.634. The zero-order chi connectivity index (χ0) is 12.3. The number of phenols is 1. The zero-order valence-electron chi connectivity index (χ0n) is 9.82. The molecule has 0 unspecified atom stereocenters. The molecule has 1 rings (SSSR count). The lowest BCUT2D eigenvalue weighted by molar-refractivity contribution is -0.136. The number of phenolic OH excluding ortho intramolecular Hbond substituents is 1. The van der Waals surface area contributed by atoms with Crippen LogP contribution in [0.1, 0.15) is 16.7 Å². The van der Waals surface area contributed by atoms with Gasteiger partial charge < -0.3 is 15.1 Å². The molecule has 0 aromatic heterocycles. The fourth-order valence-corrected chi connectivity index (χ4v) is 1.66. The molecule has 4 heteroatoms. The van der Waals surface area contributed by atoms with E-state index in [-0.39, 0.29) is 12.2 Å². The first-order valence-electron chi connectivity index (χ1n) is 5.08. The van der Waals surface area contributed by atoms with Crippen LogP contribution < -0.4 is 0 Å². The van der Waals surface area contributed by atoms with Crippen molar-refractivity contribution in [3.8, 4) is 5.75 Å². The lowest BCUT2D eigenvalue weighted by Crippen LogP contribution is -2.13. The van der Waals surface area contributed by atoms with Gasteiger partial charge in [0.05, 0.1) is 6.42 Å². The Morgan fingerprint density at radius 3 is 2.50 bits per heavy atom. The maximum Gasteiger partial charge on any atom is 0.307 e. The smallest absolute Gasteiger partial charge is 0.307 e. The standard InChI is InChI=1S/C12H17NO3/c1-8-9(6-12(15)16)4-5-11(14)10(8)7-13(2)3/h4-5,14H,6-7H2,1-3H3,(H,15,16). The second-order valence-electron chi connectivity index (χ2n) is 4.16. The largest absolute Gasteiger partial charge is 0.508 e. The molecule has 0 heterocycles. The summed E-state index contributed by atoms with van der Waals surface area (Å²) in [6, 6.07) is 3.22. The highest BCUT2D eigenvalue weighted by molar-refractivity contribution is 5.71. The number of carboxylic acid groups (broad SMARTS) is 1. The van der Waals surface area contributed by atoms with E-state index >= 15 is 0 Å².